The van der Waals surface area contributed by atoms with Gasteiger partial charge in [-0.15, -0.1) is 0 Å². The molecule has 0 aliphatic carbocycles. The fraction of sp³-hybridized carbons (Fsp3) is 0.500. The fourth-order valence-electron chi connectivity index (χ4n) is 0.522. The van der Waals surface area contributed by atoms with Crippen LogP contribution in [0, 0.1) is 0 Å². The maximum Gasteiger partial charge on any atom is 1.00 e. The predicted molar refractivity (Wildman–Crippen MR) is 46.7 cm³/mol. The van der Waals surface area contributed by atoms with Crippen LogP contribution in [0.2, 0.25) is 0 Å². The van der Waals surface area contributed by atoms with Crippen molar-refractivity contribution in [3.8, 4) is 0 Å². The number of hydrogen-bond donors (Lipinski definition) is 2. The number of hydrogen-bond acceptors (Lipinski definition) is 8. The maximum atomic E-state index is 10.5. The summed E-state index contributed by atoms with van der Waals surface area (Å²) in [7, 11) is -9.95. The van der Waals surface area contributed by atoms with Crippen LogP contribution in [0.25, 0.3) is 0 Å². The molecule has 0 bridgehead atoms. The molecule has 18 heavy (non-hydrogen) atoms. The van der Waals surface area contributed by atoms with Gasteiger partial charge in [-0.3, -0.25) is 18.7 Å². The average molecular weight is 326 g/mol. The molecule has 2 N–H and O–H groups in total. The van der Waals surface area contributed by atoms with Gasteiger partial charge in [0.05, 0.1) is 12.8 Å². The summed E-state index contributed by atoms with van der Waals surface area (Å²) in [6, 6.07) is 0. The van der Waals surface area contributed by atoms with E-state index >= 15 is 0 Å². The zero-order valence-corrected chi connectivity index (χ0v) is 15.0. The Labute approximate surface area is 150 Å². The van der Waals surface area contributed by atoms with Gasteiger partial charge in [0.25, 0.3) is 0 Å². The molecule has 0 saturated heterocycles. The maximum absolute atomic E-state index is 10.5. The second kappa shape index (κ2) is 9.63. The molecule has 10 nitrogen and oxygen atoms in total. The molecule has 0 unspecified atom stereocenters. The van der Waals surface area contributed by atoms with E-state index in [1.807, 2.05) is 0 Å². The average Bonchev–Trinajstić information content (AvgIpc) is 1.94. The van der Waals surface area contributed by atoms with Gasteiger partial charge in [-0.05, 0) is 0 Å². The number of carbonyl (C=O) groups excluding carboxylic acids is 2. The van der Waals surface area contributed by atoms with Gasteiger partial charge in [-0.25, -0.2) is 0 Å². The Morgan fingerprint density at radius 3 is 1.22 bits per heavy atom. The van der Waals surface area contributed by atoms with E-state index in [9.17, 15) is 26.4 Å². The van der Waals surface area contributed by atoms with Gasteiger partial charge in [0, 0.05) is 0 Å². The number of rotatable bonds is 5. The van der Waals surface area contributed by atoms with E-state index in [2.05, 4.69) is 8.37 Å². The fourth-order valence-corrected chi connectivity index (χ4v) is 1.16. The van der Waals surface area contributed by atoms with Gasteiger partial charge in [0.1, 0.15) is 0 Å². The molecular weight excluding hydrogens is 318 g/mol. The van der Waals surface area contributed by atoms with Crippen molar-refractivity contribution in [2.45, 2.75) is 12.8 Å². The quantitative estimate of drug-likeness (QED) is 0.366. The summed E-state index contributed by atoms with van der Waals surface area (Å²) in [6.07, 6.45) is -1.71. The van der Waals surface area contributed by atoms with E-state index in [1.165, 1.54) is 0 Å². The van der Waals surface area contributed by atoms with Crippen LogP contribution < -0.4 is 59.1 Å². The molecule has 14 heteroatoms. The van der Waals surface area contributed by atoms with E-state index in [-0.39, 0.29) is 62.0 Å². The summed E-state index contributed by atoms with van der Waals surface area (Å²) in [4.78, 5) is 21.1. The molecular formula is C4H8Na2O10S2. The van der Waals surface area contributed by atoms with Gasteiger partial charge in [0.15, 0.2) is 0 Å². The molecule has 0 heterocycles. The summed E-state index contributed by atoms with van der Waals surface area (Å²) in [5, 5.41) is 0. The molecule has 0 amide bonds. The minimum absolute atomic E-state index is 0. The van der Waals surface area contributed by atoms with E-state index in [1.54, 1.807) is 0 Å². The first kappa shape index (κ1) is 23.8. The first-order valence-corrected chi connectivity index (χ1v) is 6.12. The van der Waals surface area contributed by atoms with Crippen LogP contribution >= 0.6 is 0 Å². The Bertz CT molecular complexity index is 441. The largest absolute Gasteiger partial charge is 1.00 e. The second-order valence-corrected chi connectivity index (χ2v) is 4.31. The van der Waals surface area contributed by atoms with Crippen LogP contribution in [0.3, 0.4) is 0 Å². The summed E-state index contributed by atoms with van der Waals surface area (Å²) in [6.45, 7) is 0. The Hall–Kier alpha value is 0.760. The Morgan fingerprint density at radius 2 is 1.06 bits per heavy atom. The normalized spacial score (nSPS) is 10.6. The van der Waals surface area contributed by atoms with Gasteiger partial charge >= 0.3 is 91.9 Å². The monoisotopic (exact) mass is 326 g/mol. The van der Waals surface area contributed by atoms with Crippen molar-refractivity contribution >= 4 is 32.7 Å². The molecule has 0 aromatic rings. The minimum Gasteiger partial charge on any atom is -1.00 e. The third-order valence-corrected chi connectivity index (χ3v) is 1.72. The van der Waals surface area contributed by atoms with Crippen molar-refractivity contribution < 1.29 is 106 Å². The van der Waals surface area contributed by atoms with E-state index in [4.69, 9.17) is 9.11 Å². The molecule has 0 aromatic carbocycles. The molecule has 0 aliphatic rings. The predicted octanol–water partition coefficient (Wildman–Crippen LogP) is -7.31. The summed E-state index contributed by atoms with van der Waals surface area (Å²) >= 11 is 0. The third-order valence-electron chi connectivity index (χ3n) is 0.930. The van der Waals surface area contributed by atoms with Crippen molar-refractivity contribution in [3.05, 3.63) is 0 Å². The van der Waals surface area contributed by atoms with E-state index in [0.29, 0.717) is 0 Å². The Balaban J connectivity index is -0.000000187. The number of carbonyl (C=O) groups is 2. The molecule has 98 valence electrons. The summed E-state index contributed by atoms with van der Waals surface area (Å²) in [5.74, 6) is -2.98. The van der Waals surface area contributed by atoms with Crippen LogP contribution in [-0.2, 0) is 38.8 Å². The Morgan fingerprint density at radius 1 is 0.833 bits per heavy atom. The van der Waals surface area contributed by atoms with Gasteiger partial charge < -0.3 is 11.2 Å². The van der Waals surface area contributed by atoms with Crippen molar-refractivity contribution in [3.63, 3.8) is 0 Å². The summed E-state index contributed by atoms with van der Waals surface area (Å²) in [5.41, 5.74) is 0. The SMILES string of the molecule is O=C(CCC(=O)OS(=O)(=O)O)OS(=O)(=O)O.[H-].[H-].[Na+].[Na+]. The van der Waals surface area contributed by atoms with E-state index < -0.39 is 45.6 Å². The van der Waals surface area contributed by atoms with Crippen LogP contribution in [0.5, 0.6) is 0 Å². The van der Waals surface area contributed by atoms with Crippen molar-refractivity contribution in [1.29, 1.82) is 0 Å². The summed E-state index contributed by atoms with van der Waals surface area (Å²) < 4.78 is 62.7. The molecule has 0 atom stereocenters. The Kier molecular flexibility index (Phi) is 12.7. The van der Waals surface area contributed by atoms with Crippen molar-refractivity contribution in [2.75, 3.05) is 0 Å². The second-order valence-electron chi connectivity index (χ2n) is 2.27. The first-order chi connectivity index (χ1) is 6.99. The zero-order valence-electron chi connectivity index (χ0n) is 11.4. The molecule has 0 fully saturated rings. The van der Waals surface area contributed by atoms with Gasteiger partial charge in [0.2, 0.25) is 0 Å². The zero-order chi connectivity index (χ0) is 13.0. The van der Waals surface area contributed by atoms with E-state index in [0.717, 1.165) is 0 Å². The van der Waals surface area contributed by atoms with Crippen molar-refractivity contribution in [1.82, 2.24) is 0 Å². The van der Waals surface area contributed by atoms with Gasteiger partial charge in [-0.1, -0.05) is 0 Å². The first-order valence-electron chi connectivity index (χ1n) is 3.39. The molecule has 0 aromatic heterocycles. The van der Waals surface area contributed by atoms with Crippen LogP contribution in [0.1, 0.15) is 15.7 Å². The standard InChI is InChI=1S/C4H6O10S2.2Na.2H/c5-3(13-15(7,8)9)1-2-4(6)14-16(10,11)12;;;;/h1-2H2,(H,7,8,9)(H,10,11,12);;;;/q;2*+1;2*-1. The topological polar surface area (TPSA) is 161 Å². The van der Waals surface area contributed by atoms with Crippen LogP contribution in [0.15, 0.2) is 0 Å². The van der Waals surface area contributed by atoms with Gasteiger partial charge in [-0.2, -0.15) is 16.8 Å². The third kappa shape index (κ3) is 16.8. The molecule has 0 saturated carbocycles. The van der Waals surface area contributed by atoms with Crippen molar-refractivity contribution in [2.24, 2.45) is 0 Å². The van der Waals surface area contributed by atoms with Crippen LogP contribution in [0.4, 0.5) is 0 Å². The smallest absolute Gasteiger partial charge is 1.00 e. The molecule has 0 spiro atoms. The minimum atomic E-state index is -4.98. The molecule has 0 rings (SSSR count). The van der Waals surface area contributed by atoms with Crippen LogP contribution in [-0.4, -0.2) is 37.9 Å². The molecule has 0 radical (unpaired) electrons. The molecule has 0 aliphatic heterocycles.